The minimum Gasteiger partial charge on any atom is -0.489 e. The molecule has 2 heterocycles. The smallest absolute Gasteiger partial charge is 0.258 e. The number of carbonyl (C=O) groups excluding carboxylic acids is 1. The second-order valence-electron chi connectivity index (χ2n) is 6.51. The van der Waals surface area contributed by atoms with Crippen molar-refractivity contribution in [3.63, 3.8) is 0 Å². The van der Waals surface area contributed by atoms with E-state index in [1.807, 2.05) is 48.5 Å². The Balaban J connectivity index is 1.56. The van der Waals surface area contributed by atoms with E-state index < -0.39 is 5.92 Å². The van der Waals surface area contributed by atoms with Crippen LogP contribution in [0.1, 0.15) is 29.0 Å². The van der Waals surface area contributed by atoms with Crippen molar-refractivity contribution < 1.29 is 9.53 Å². The van der Waals surface area contributed by atoms with Gasteiger partial charge in [0.15, 0.2) is 0 Å². The second-order valence-corrected chi connectivity index (χ2v) is 6.94. The molecule has 0 spiro atoms. The lowest BCUT2D eigenvalue weighted by Crippen LogP contribution is -2.31. The number of H-pyrrole nitrogens is 1. The Morgan fingerprint density at radius 1 is 1.18 bits per heavy atom. The molecule has 0 radical (unpaired) electrons. The maximum Gasteiger partial charge on any atom is 0.258 e. The van der Waals surface area contributed by atoms with Crippen molar-refractivity contribution in [2.75, 3.05) is 11.1 Å². The van der Waals surface area contributed by atoms with Gasteiger partial charge in [-0.1, -0.05) is 35.9 Å². The number of hydrogen-bond donors (Lipinski definition) is 3. The first kappa shape index (κ1) is 18.1. The van der Waals surface area contributed by atoms with Crippen LogP contribution >= 0.6 is 11.6 Å². The van der Waals surface area contributed by atoms with Crippen LogP contribution < -0.4 is 21.3 Å². The van der Waals surface area contributed by atoms with E-state index in [0.29, 0.717) is 22.9 Å². The fourth-order valence-electron chi connectivity index (χ4n) is 3.26. The summed E-state index contributed by atoms with van der Waals surface area (Å²) in [5, 5.41) is 3.27. The summed E-state index contributed by atoms with van der Waals surface area (Å²) >= 11 is 5.98. The van der Waals surface area contributed by atoms with Crippen LogP contribution in [0.4, 0.5) is 11.8 Å². The zero-order chi connectivity index (χ0) is 19.7. The van der Waals surface area contributed by atoms with E-state index in [1.165, 1.54) is 0 Å². The first-order valence-corrected chi connectivity index (χ1v) is 9.04. The molecule has 0 saturated carbocycles. The lowest BCUT2D eigenvalue weighted by atomic mass is 9.87. The van der Waals surface area contributed by atoms with Gasteiger partial charge in [-0.05, 0) is 35.4 Å². The SMILES string of the molecule is Nc1nc2c(c(=O)[nH]1)C(c1ccc(OCc3cccc(Cl)c3)cc1)CC(=O)N2. The Labute approximate surface area is 165 Å². The van der Waals surface area contributed by atoms with E-state index in [0.717, 1.165) is 11.1 Å². The third-order valence-electron chi connectivity index (χ3n) is 4.55. The fourth-order valence-corrected chi connectivity index (χ4v) is 3.48. The minimum atomic E-state index is -0.400. The number of amides is 1. The number of nitrogens with one attached hydrogen (secondary N) is 2. The van der Waals surface area contributed by atoms with Crippen LogP contribution in [0.2, 0.25) is 5.02 Å². The summed E-state index contributed by atoms with van der Waals surface area (Å²) in [5.41, 5.74) is 7.42. The highest BCUT2D eigenvalue weighted by molar-refractivity contribution is 6.30. The molecule has 1 unspecified atom stereocenters. The van der Waals surface area contributed by atoms with Gasteiger partial charge in [0.25, 0.3) is 5.56 Å². The molecule has 1 aromatic heterocycles. The third kappa shape index (κ3) is 3.70. The number of nitrogens with two attached hydrogens (primary N) is 1. The number of anilines is 2. The number of aromatic amines is 1. The van der Waals surface area contributed by atoms with Gasteiger partial charge in [-0.25, -0.2) is 0 Å². The molecule has 7 nitrogen and oxygen atoms in total. The summed E-state index contributed by atoms with van der Waals surface area (Å²) in [6.45, 7) is 0.386. The number of halogens is 1. The Kier molecular flexibility index (Phi) is 4.75. The molecule has 1 aliphatic rings. The summed E-state index contributed by atoms with van der Waals surface area (Å²) in [6, 6.07) is 14.8. The molecule has 1 atom stereocenters. The summed E-state index contributed by atoms with van der Waals surface area (Å²) < 4.78 is 5.78. The predicted molar refractivity (Wildman–Crippen MR) is 107 cm³/mol. The normalized spacial score (nSPS) is 15.6. The van der Waals surface area contributed by atoms with Crippen molar-refractivity contribution in [2.45, 2.75) is 18.9 Å². The largest absolute Gasteiger partial charge is 0.489 e. The number of ether oxygens (including phenoxy) is 1. The number of aromatic nitrogens is 2. The zero-order valence-electron chi connectivity index (χ0n) is 14.7. The van der Waals surface area contributed by atoms with Gasteiger partial charge >= 0.3 is 0 Å². The average Bonchev–Trinajstić information content (AvgIpc) is 2.65. The van der Waals surface area contributed by atoms with E-state index in [4.69, 9.17) is 22.1 Å². The molecule has 1 aliphatic heterocycles. The number of benzene rings is 2. The lowest BCUT2D eigenvalue weighted by Gasteiger charge is -2.24. The highest BCUT2D eigenvalue weighted by Crippen LogP contribution is 2.34. The first-order valence-electron chi connectivity index (χ1n) is 8.66. The number of carbonyl (C=O) groups is 1. The van der Waals surface area contributed by atoms with Crippen LogP contribution in [0, 0.1) is 0 Å². The van der Waals surface area contributed by atoms with Crippen LogP contribution in [0.5, 0.6) is 5.75 Å². The molecule has 4 N–H and O–H groups in total. The first-order chi connectivity index (χ1) is 13.5. The van der Waals surface area contributed by atoms with Crippen LogP contribution in [-0.2, 0) is 11.4 Å². The number of hydrogen-bond acceptors (Lipinski definition) is 5. The molecule has 0 bridgehead atoms. The van der Waals surface area contributed by atoms with E-state index in [9.17, 15) is 9.59 Å². The van der Waals surface area contributed by atoms with Gasteiger partial charge in [0.1, 0.15) is 18.2 Å². The van der Waals surface area contributed by atoms with Crippen LogP contribution in [0.3, 0.4) is 0 Å². The van der Waals surface area contributed by atoms with Crippen molar-refractivity contribution in [1.29, 1.82) is 0 Å². The monoisotopic (exact) mass is 396 g/mol. The van der Waals surface area contributed by atoms with Gasteiger partial charge < -0.3 is 15.8 Å². The molecule has 3 aromatic rings. The Morgan fingerprint density at radius 2 is 1.96 bits per heavy atom. The van der Waals surface area contributed by atoms with Gasteiger partial charge in [-0.3, -0.25) is 14.6 Å². The summed E-state index contributed by atoms with van der Waals surface area (Å²) in [5.74, 6) is 0.241. The van der Waals surface area contributed by atoms with Crippen LogP contribution in [-0.4, -0.2) is 15.9 Å². The van der Waals surface area contributed by atoms with Gasteiger partial charge in [0.05, 0.1) is 5.56 Å². The van der Waals surface area contributed by atoms with Crippen LogP contribution in [0.15, 0.2) is 53.3 Å². The number of rotatable bonds is 4. The maximum absolute atomic E-state index is 12.4. The van der Waals surface area contributed by atoms with Gasteiger partial charge in [0, 0.05) is 17.4 Å². The molecule has 2 aromatic carbocycles. The third-order valence-corrected chi connectivity index (χ3v) is 4.78. The fraction of sp³-hybridized carbons (Fsp3) is 0.150. The molecule has 4 rings (SSSR count). The van der Waals surface area contributed by atoms with Crippen molar-refractivity contribution in [2.24, 2.45) is 0 Å². The number of fused-ring (bicyclic) bond motifs is 1. The Bertz CT molecular complexity index is 1100. The predicted octanol–water partition coefficient (Wildman–Crippen LogP) is 3.06. The van der Waals surface area contributed by atoms with Crippen molar-refractivity contribution in [3.05, 3.63) is 80.6 Å². The molecular formula is C20H17ClN4O3. The molecular weight excluding hydrogens is 380 g/mol. The lowest BCUT2D eigenvalue weighted by molar-refractivity contribution is -0.116. The van der Waals surface area contributed by atoms with Crippen molar-refractivity contribution >= 4 is 29.3 Å². The van der Waals surface area contributed by atoms with Gasteiger partial charge in [-0.2, -0.15) is 4.98 Å². The highest BCUT2D eigenvalue weighted by Gasteiger charge is 2.30. The summed E-state index contributed by atoms with van der Waals surface area (Å²) in [6.07, 6.45) is 0.157. The molecule has 0 fully saturated rings. The van der Waals surface area contributed by atoms with E-state index in [1.54, 1.807) is 0 Å². The minimum absolute atomic E-state index is 0.0329. The molecule has 142 valence electrons. The quantitative estimate of drug-likeness (QED) is 0.627. The number of nitrogen functional groups attached to an aromatic ring is 1. The van der Waals surface area contributed by atoms with Crippen molar-refractivity contribution in [1.82, 2.24) is 9.97 Å². The summed E-state index contributed by atoms with van der Waals surface area (Å²) in [4.78, 5) is 30.9. The molecule has 28 heavy (non-hydrogen) atoms. The highest BCUT2D eigenvalue weighted by atomic mass is 35.5. The van der Waals surface area contributed by atoms with E-state index in [2.05, 4.69) is 15.3 Å². The van der Waals surface area contributed by atoms with Crippen LogP contribution in [0.25, 0.3) is 0 Å². The number of nitrogens with zero attached hydrogens (tertiary/aromatic N) is 1. The van der Waals surface area contributed by atoms with E-state index in [-0.39, 0.29) is 29.7 Å². The molecule has 0 saturated heterocycles. The van der Waals surface area contributed by atoms with E-state index >= 15 is 0 Å². The molecule has 0 aliphatic carbocycles. The van der Waals surface area contributed by atoms with Gasteiger partial charge in [0.2, 0.25) is 11.9 Å². The van der Waals surface area contributed by atoms with Gasteiger partial charge in [-0.15, -0.1) is 0 Å². The topological polar surface area (TPSA) is 110 Å². The zero-order valence-corrected chi connectivity index (χ0v) is 15.5. The van der Waals surface area contributed by atoms with Crippen molar-refractivity contribution in [3.8, 4) is 5.75 Å². The molecule has 1 amide bonds. The standard InChI is InChI=1S/C20H17ClN4O3/c21-13-3-1-2-11(8-13)10-28-14-6-4-12(5-7-14)15-9-16(26)23-18-17(15)19(27)25-20(22)24-18/h1-8,15H,9-10H2,(H4,22,23,24,25,26,27). The summed E-state index contributed by atoms with van der Waals surface area (Å²) in [7, 11) is 0. The average molecular weight is 397 g/mol. The Morgan fingerprint density at radius 3 is 2.71 bits per heavy atom. The maximum atomic E-state index is 12.4. The Hall–Kier alpha value is -3.32. The second kappa shape index (κ2) is 7.36. The molecule has 8 heteroatoms.